The van der Waals surface area contributed by atoms with Gasteiger partial charge in [0.05, 0.1) is 18.2 Å². The van der Waals surface area contributed by atoms with Gasteiger partial charge in [0.15, 0.2) is 0 Å². The van der Waals surface area contributed by atoms with E-state index in [2.05, 4.69) is 47.8 Å². The summed E-state index contributed by atoms with van der Waals surface area (Å²) >= 11 is 5.23. The fourth-order valence-corrected chi connectivity index (χ4v) is 7.96. The van der Waals surface area contributed by atoms with Crippen LogP contribution < -0.4 is 10.6 Å². The Morgan fingerprint density at radius 3 is 2.53 bits per heavy atom. The Labute approximate surface area is 279 Å². The quantitative estimate of drug-likeness (QED) is 0.239. The minimum absolute atomic E-state index is 0.0563. The molecule has 5 atom stereocenters. The summed E-state index contributed by atoms with van der Waals surface area (Å²) in [5, 5.41) is 30.6. The van der Waals surface area contributed by atoms with Gasteiger partial charge >= 0.3 is 0 Å². The van der Waals surface area contributed by atoms with Gasteiger partial charge < -0.3 is 20.8 Å². The van der Waals surface area contributed by atoms with Gasteiger partial charge in [0, 0.05) is 65.3 Å². The first-order valence-corrected chi connectivity index (χ1v) is 17.4. The molecule has 2 aromatic carbocycles. The molecule has 2 aliphatic rings. The van der Waals surface area contributed by atoms with Crippen LogP contribution in [0, 0.1) is 5.92 Å². The van der Waals surface area contributed by atoms with Gasteiger partial charge in [-0.1, -0.05) is 54.6 Å². The van der Waals surface area contributed by atoms with E-state index in [4.69, 9.17) is 0 Å². The second-order valence-electron chi connectivity index (χ2n) is 13.4. The van der Waals surface area contributed by atoms with Crippen molar-refractivity contribution in [3.05, 3.63) is 92.1 Å². The van der Waals surface area contributed by atoms with Crippen LogP contribution in [0.4, 0.5) is 0 Å². The molecule has 1 unspecified atom stereocenters. The van der Waals surface area contributed by atoms with Gasteiger partial charge in [0.1, 0.15) is 6.04 Å². The second-order valence-corrected chi connectivity index (χ2v) is 15.4. The van der Waals surface area contributed by atoms with Gasteiger partial charge in [-0.2, -0.15) is 0 Å². The Balaban J connectivity index is 1.28. The van der Waals surface area contributed by atoms with Crippen molar-refractivity contribution < 1.29 is 19.8 Å². The average molecular weight is 698 g/mol. The normalized spacial score (nSPS) is 22.0. The van der Waals surface area contributed by atoms with Crippen LogP contribution in [-0.2, 0) is 29.0 Å². The molecule has 3 aromatic rings. The van der Waals surface area contributed by atoms with E-state index >= 15 is 0 Å². The van der Waals surface area contributed by atoms with E-state index in [1.807, 2.05) is 75.4 Å². The molecule has 0 bridgehead atoms. The first-order chi connectivity index (χ1) is 21.4. The van der Waals surface area contributed by atoms with E-state index < -0.39 is 30.2 Å². The van der Waals surface area contributed by atoms with E-state index in [0.29, 0.717) is 25.9 Å². The van der Waals surface area contributed by atoms with Crippen molar-refractivity contribution in [1.29, 1.82) is 0 Å². The summed E-state index contributed by atoms with van der Waals surface area (Å²) in [4.78, 5) is 33.0. The number of hydrogen-bond donors (Lipinski definition) is 4. The minimum atomic E-state index is -0.824. The topological polar surface area (TPSA) is 105 Å². The summed E-state index contributed by atoms with van der Waals surface area (Å²) in [5.41, 5.74) is 2.61. The Morgan fingerprint density at radius 1 is 1.09 bits per heavy atom. The molecule has 242 valence electrons. The number of amides is 2. The van der Waals surface area contributed by atoms with Crippen LogP contribution in [-0.4, -0.2) is 81.8 Å². The van der Waals surface area contributed by atoms with Gasteiger partial charge in [0.2, 0.25) is 11.8 Å². The lowest BCUT2D eigenvalue weighted by Crippen LogP contribution is -2.61. The maximum absolute atomic E-state index is 13.8. The van der Waals surface area contributed by atoms with Gasteiger partial charge in [-0.3, -0.25) is 19.4 Å². The van der Waals surface area contributed by atoms with Crippen molar-refractivity contribution >= 4 is 39.1 Å². The molecular weight excluding hydrogens is 652 g/mol. The highest BCUT2D eigenvalue weighted by Gasteiger charge is 2.37. The van der Waals surface area contributed by atoms with Gasteiger partial charge in [-0.25, -0.2) is 0 Å². The maximum Gasteiger partial charge on any atom is 0.239 e. The molecule has 1 aromatic heterocycles. The van der Waals surface area contributed by atoms with Crippen LogP contribution in [0.5, 0.6) is 0 Å². The van der Waals surface area contributed by atoms with Crippen molar-refractivity contribution in [2.24, 2.45) is 5.92 Å². The number of carbonyl (C=O) groups is 2. The molecule has 1 aliphatic carbocycles. The maximum atomic E-state index is 13.8. The van der Waals surface area contributed by atoms with Crippen molar-refractivity contribution in [1.82, 2.24) is 20.4 Å². The highest BCUT2D eigenvalue weighted by Crippen LogP contribution is 2.32. The second kappa shape index (κ2) is 14.9. The Kier molecular flexibility index (Phi) is 11.2. The SMILES string of the molecule is CC(C)(C)NC(=O)[C@@H]1CN(Cc2cc(Br)cs2)CCN1C[C@@H](O)C[C@@H](Cc1ccccc1)C(=O)NC1c2ccccc2C[C@H]1O. The number of thiophene rings is 1. The smallest absolute Gasteiger partial charge is 0.239 e. The first kappa shape index (κ1) is 33.8. The van der Waals surface area contributed by atoms with Crippen molar-refractivity contribution in [3.63, 3.8) is 0 Å². The fraction of sp³-hybridized carbons (Fsp3) is 0.486. The zero-order valence-electron chi connectivity index (χ0n) is 26.3. The lowest BCUT2D eigenvalue weighted by Gasteiger charge is -2.42. The predicted octanol–water partition coefficient (Wildman–Crippen LogP) is 4.30. The third-order valence-corrected chi connectivity index (χ3v) is 10.3. The monoisotopic (exact) mass is 696 g/mol. The lowest BCUT2D eigenvalue weighted by molar-refractivity contribution is -0.132. The summed E-state index contributed by atoms with van der Waals surface area (Å²) in [6.45, 7) is 8.93. The Hall–Kier alpha value is -2.60. The number of fused-ring (bicyclic) bond motifs is 1. The largest absolute Gasteiger partial charge is 0.392 e. The number of halogens is 1. The standard InChI is InChI=1S/C35H45BrN4O4S/c1-35(2,3)38-34(44)30-21-39(20-28-18-26(36)22-45-28)13-14-40(30)19-27(41)16-25(15-23-9-5-4-6-10-23)33(43)37-32-29-12-8-7-11-24(29)17-31(32)42/h4-12,18,22,25,27,30-32,41-42H,13-17,19-21H2,1-3H3,(H,37,43)(H,38,44)/t25-,27+,30+,31-,32?/m1/s1. The number of β-amino-alcohol motifs (C(OH)–C–C–N with tert-alkyl or cyclic N) is 1. The fourth-order valence-electron chi connectivity index (χ4n) is 6.47. The zero-order chi connectivity index (χ0) is 32.1. The van der Waals surface area contributed by atoms with Crippen molar-refractivity contribution in [2.75, 3.05) is 26.2 Å². The zero-order valence-corrected chi connectivity index (χ0v) is 28.7. The summed E-state index contributed by atoms with van der Waals surface area (Å²) in [5.74, 6) is -0.755. The number of piperazine rings is 1. The molecule has 0 spiro atoms. The third-order valence-electron chi connectivity index (χ3n) is 8.58. The minimum Gasteiger partial charge on any atom is -0.392 e. The molecule has 45 heavy (non-hydrogen) atoms. The molecule has 0 saturated carbocycles. The molecule has 8 nitrogen and oxygen atoms in total. The number of aliphatic hydroxyl groups excluding tert-OH is 2. The summed E-state index contributed by atoms with van der Waals surface area (Å²) < 4.78 is 1.06. The van der Waals surface area contributed by atoms with E-state index in [9.17, 15) is 19.8 Å². The van der Waals surface area contributed by atoms with E-state index in [-0.39, 0.29) is 30.3 Å². The summed E-state index contributed by atoms with van der Waals surface area (Å²) in [7, 11) is 0. The molecule has 10 heteroatoms. The number of carbonyl (C=O) groups excluding carboxylic acids is 2. The molecule has 0 radical (unpaired) electrons. The number of nitrogens with one attached hydrogen (secondary N) is 2. The molecule has 2 amide bonds. The van der Waals surface area contributed by atoms with E-state index in [1.54, 1.807) is 11.3 Å². The Morgan fingerprint density at radius 2 is 1.82 bits per heavy atom. The molecule has 1 fully saturated rings. The van der Waals surface area contributed by atoms with Gasteiger partial charge in [-0.15, -0.1) is 11.3 Å². The number of benzene rings is 2. The number of nitrogens with zero attached hydrogens (tertiary/aromatic N) is 2. The molecular formula is C35H45BrN4O4S. The molecule has 5 rings (SSSR count). The highest BCUT2D eigenvalue weighted by atomic mass is 79.9. The predicted molar refractivity (Wildman–Crippen MR) is 182 cm³/mol. The molecule has 1 saturated heterocycles. The summed E-state index contributed by atoms with van der Waals surface area (Å²) in [6.07, 6.45) is -0.313. The van der Waals surface area contributed by atoms with Crippen LogP contribution in [0.25, 0.3) is 0 Å². The van der Waals surface area contributed by atoms with E-state index in [0.717, 1.165) is 34.3 Å². The highest BCUT2D eigenvalue weighted by molar-refractivity contribution is 9.10. The molecule has 4 N–H and O–H groups in total. The van der Waals surface area contributed by atoms with Crippen LogP contribution in [0.3, 0.4) is 0 Å². The van der Waals surface area contributed by atoms with Crippen LogP contribution in [0.1, 0.15) is 54.8 Å². The lowest BCUT2D eigenvalue weighted by atomic mass is 9.91. The van der Waals surface area contributed by atoms with Crippen molar-refractivity contribution in [3.8, 4) is 0 Å². The molecule has 1 aliphatic heterocycles. The summed E-state index contributed by atoms with van der Waals surface area (Å²) in [6, 6.07) is 18.8. The Bertz CT molecular complexity index is 1440. The van der Waals surface area contributed by atoms with E-state index in [1.165, 1.54) is 4.88 Å². The van der Waals surface area contributed by atoms with Gasteiger partial charge in [-0.05, 0) is 72.3 Å². The average Bonchev–Trinajstić information content (AvgIpc) is 3.54. The first-order valence-electron chi connectivity index (χ1n) is 15.7. The number of hydrogen-bond acceptors (Lipinski definition) is 7. The number of aliphatic hydroxyl groups is 2. The van der Waals surface area contributed by atoms with Crippen LogP contribution in [0.15, 0.2) is 70.5 Å². The third kappa shape index (κ3) is 9.24. The van der Waals surface area contributed by atoms with Crippen LogP contribution in [0.2, 0.25) is 0 Å². The van der Waals surface area contributed by atoms with Crippen molar-refractivity contribution in [2.45, 2.75) is 76.4 Å². The van der Waals surface area contributed by atoms with Crippen LogP contribution >= 0.6 is 27.3 Å². The number of rotatable bonds is 11. The molecule has 2 heterocycles. The van der Waals surface area contributed by atoms with Gasteiger partial charge in [0.25, 0.3) is 0 Å².